The van der Waals surface area contributed by atoms with E-state index in [4.69, 9.17) is 9.72 Å². The van der Waals surface area contributed by atoms with Crippen molar-refractivity contribution in [3.05, 3.63) is 58.1 Å². The van der Waals surface area contributed by atoms with Crippen LogP contribution in [-0.4, -0.2) is 33.7 Å². The number of ether oxygens (including phenoxy) is 1. The summed E-state index contributed by atoms with van der Waals surface area (Å²) in [4.78, 5) is 28.9. The second-order valence-corrected chi connectivity index (χ2v) is 9.75. The molecule has 0 aliphatic carbocycles. The number of carbonyl (C=O) groups excluding carboxylic acids is 1. The lowest BCUT2D eigenvalue weighted by Crippen LogP contribution is -2.31. The molecule has 0 radical (unpaired) electrons. The van der Waals surface area contributed by atoms with Crippen LogP contribution in [0.5, 0.6) is 0 Å². The molecule has 0 aliphatic rings. The van der Waals surface area contributed by atoms with Gasteiger partial charge in [0, 0.05) is 10.2 Å². The normalized spacial score (nSPS) is 12.7. The fourth-order valence-corrected chi connectivity index (χ4v) is 4.71. The van der Waals surface area contributed by atoms with Crippen LogP contribution in [0.2, 0.25) is 0 Å². The van der Waals surface area contributed by atoms with Crippen molar-refractivity contribution in [1.29, 1.82) is 0 Å². The van der Waals surface area contributed by atoms with E-state index in [0.717, 1.165) is 16.6 Å². The summed E-state index contributed by atoms with van der Waals surface area (Å²) in [6.07, 6.45) is 0. The molecule has 3 aromatic rings. The van der Waals surface area contributed by atoms with Crippen molar-refractivity contribution in [3.63, 3.8) is 0 Å². The van der Waals surface area contributed by atoms with Gasteiger partial charge in [-0.2, -0.15) is 0 Å². The average molecular weight is 491 g/mol. The molecule has 2 aromatic carbocycles. The molecular weight excluding hydrogens is 468 g/mol. The zero-order valence-electron chi connectivity index (χ0n) is 17.2. The topological polar surface area (TPSA) is 81.4 Å². The van der Waals surface area contributed by atoms with Crippen molar-refractivity contribution in [1.82, 2.24) is 9.55 Å². The number of hydrogen-bond acceptors (Lipinski definition) is 5. The summed E-state index contributed by atoms with van der Waals surface area (Å²) in [6.45, 7) is 5.73. The van der Waals surface area contributed by atoms with E-state index in [1.165, 1.54) is 18.9 Å². The number of esters is 1. The molecule has 0 fully saturated rings. The summed E-state index contributed by atoms with van der Waals surface area (Å²) in [7, 11) is 1.34. The molecule has 0 bridgehead atoms. The first-order valence-electron chi connectivity index (χ1n) is 9.32. The van der Waals surface area contributed by atoms with Gasteiger partial charge in [0.1, 0.15) is 6.04 Å². The van der Waals surface area contributed by atoms with E-state index in [2.05, 4.69) is 15.9 Å². The van der Waals surface area contributed by atoms with Gasteiger partial charge < -0.3 is 14.4 Å². The maximum Gasteiger partial charge on any atom is 0.339 e. The molecule has 0 saturated heterocycles. The number of imidazole rings is 1. The molecule has 1 unspecified atom stereocenters. The molecule has 0 spiro atoms. The molecule has 6 nitrogen and oxygen atoms in total. The van der Waals surface area contributed by atoms with Crippen LogP contribution in [0.25, 0.3) is 11.0 Å². The van der Waals surface area contributed by atoms with Gasteiger partial charge in [0.25, 0.3) is 0 Å². The third-order valence-corrected chi connectivity index (χ3v) is 6.40. The lowest BCUT2D eigenvalue weighted by molar-refractivity contribution is -0.144. The SMILES string of the molecule is COC(=O)c1cc(CSc2nc3ccccc3n2C(C(=O)O)C(C)(C)C)ccc1Br. The van der Waals surface area contributed by atoms with Crippen LogP contribution in [-0.2, 0) is 15.3 Å². The van der Waals surface area contributed by atoms with E-state index in [9.17, 15) is 14.7 Å². The third-order valence-electron chi connectivity index (χ3n) is 4.68. The number of aliphatic carboxylic acids is 1. The number of para-hydroxylation sites is 2. The Bertz CT molecular complexity index is 1100. The average Bonchev–Trinajstić information content (AvgIpc) is 3.03. The molecule has 8 heteroatoms. The van der Waals surface area contributed by atoms with Gasteiger partial charge in [-0.1, -0.05) is 50.7 Å². The summed E-state index contributed by atoms with van der Waals surface area (Å²) < 4.78 is 7.30. The zero-order valence-corrected chi connectivity index (χ0v) is 19.6. The van der Waals surface area contributed by atoms with Crippen molar-refractivity contribution in [2.24, 2.45) is 5.41 Å². The molecule has 3 rings (SSSR count). The number of carbonyl (C=O) groups is 2. The first-order chi connectivity index (χ1) is 14.1. The van der Waals surface area contributed by atoms with Gasteiger partial charge in [-0.3, -0.25) is 0 Å². The predicted octanol–water partition coefficient (Wildman–Crippen LogP) is 5.55. The standard InChI is InChI=1S/C22H23BrN2O4S/c1-22(2,3)18(19(26)27)25-17-8-6-5-7-16(17)24-21(25)30-12-13-9-10-15(23)14(11-13)20(28)29-4/h5-11,18H,12H2,1-4H3,(H,26,27). The van der Waals surface area contributed by atoms with Crippen LogP contribution in [0.15, 0.2) is 52.1 Å². The lowest BCUT2D eigenvalue weighted by Gasteiger charge is -2.29. The third kappa shape index (κ3) is 4.54. The van der Waals surface area contributed by atoms with Gasteiger partial charge in [0.15, 0.2) is 5.16 Å². The number of benzene rings is 2. The quantitative estimate of drug-likeness (QED) is 0.360. The number of carboxylic acid groups (broad SMARTS) is 1. The van der Waals surface area contributed by atoms with Crippen LogP contribution in [0.3, 0.4) is 0 Å². The van der Waals surface area contributed by atoms with Gasteiger partial charge in [-0.15, -0.1) is 0 Å². The van der Waals surface area contributed by atoms with E-state index in [-0.39, 0.29) is 0 Å². The summed E-state index contributed by atoms with van der Waals surface area (Å²) >= 11 is 4.81. The number of halogens is 1. The maximum absolute atomic E-state index is 12.2. The fraction of sp³-hybridized carbons (Fsp3) is 0.318. The second-order valence-electron chi connectivity index (χ2n) is 7.95. The number of methoxy groups -OCH3 is 1. The van der Waals surface area contributed by atoms with Crippen LogP contribution < -0.4 is 0 Å². The molecular formula is C22H23BrN2O4S. The van der Waals surface area contributed by atoms with Gasteiger partial charge in [-0.05, 0) is 51.2 Å². The highest BCUT2D eigenvalue weighted by Gasteiger charge is 2.35. The Morgan fingerprint density at radius 2 is 1.93 bits per heavy atom. The Kier molecular flexibility index (Phi) is 6.57. The van der Waals surface area contributed by atoms with Gasteiger partial charge in [-0.25, -0.2) is 14.6 Å². The fourth-order valence-electron chi connectivity index (χ4n) is 3.32. The Hall–Kier alpha value is -2.32. The molecule has 0 aliphatic heterocycles. The lowest BCUT2D eigenvalue weighted by atomic mass is 9.86. The van der Waals surface area contributed by atoms with Crippen molar-refractivity contribution in [3.8, 4) is 0 Å². The second kappa shape index (κ2) is 8.81. The molecule has 1 heterocycles. The van der Waals surface area contributed by atoms with Crippen molar-refractivity contribution >= 4 is 50.7 Å². The van der Waals surface area contributed by atoms with Gasteiger partial charge >= 0.3 is 11.9 Å². The minimum absolute atomic E-state index is 0.417. The van der Waals surface area contributed by atoms with Crippen molar-refractivity contribution < 1.29 is 19.4 Å². The number of hydrogen-bond donors (Lipinski definition) is 1. The number of fused-ring (bicyclic) bond motifs is 1. The summed E-state index contributed by atoms with van der Waals surface area (Å²) in [5.74, 6) is -0.791. The molecule has 158 valence electrons. The van der Waals surface area contributed by atoms with E-state index in [1.807, 2.05) is 55.7 Å². The number of aromatic nitrogens is 2. The number of carboxylic acids is 1. The smallest absolute Gasteiger partial charge is 0.339 e. The van der Waals surface area contributed by atoms with Gasteiger partial charge in [0.05, 0.1) is 23.7 Å². The Labute approximate surface area is 187 Å². The van der Waals surface area contributed by atoms with Gasteiger partial charge in [0.2, 0.25) is 0 Å². The summed E-state index contributed by atoms with van der Waals surface area (Å²) in [5.41, 5.74) is 2.38. The van der Waals surface area contributed by atoms with Crippen LogP contribution in [0.4, 0.5) is 0 Å². The minimum atomic E-state index is -0.899. The van der Waals surface area contributed by atoms with Crippen LogP contribution in [0.1, 0.15) is 42.7 Å². The minimum Gasteiger partial charge on any atom is -0.480 e. The first-order valence-corrected chi connectivity index (χ1v) is 11.1. The molecule has 1 N–H and O–H groups in total. The molecule has 1 aromatic heterocycles. The number of thioether (sulfide) groups is 1. The van der Waals surface area contributed by atoms with Crippen molar-refractivity contribution in [2.75, 3.05) is 7.11 Å². The van der Waals surface area contributed by atoms with E-state index in [1.54, 1.807) is 12.1 Å². The maximum atomic E-state index is 12.2. The first kappa shape index (κ1) is 22.4. The highest BCUT2D eigenvalue weighted by Crippen LogP contribution is 2.38. The summed E-state index contributed by atoms with van der Waals surface area (Å²) in [6, 6.07) is 12.3. The highest BCUT2D eigenvalue weighted by atomic mass is 79.9. The number of nitrogens with zero attached hydrogens (tertiary/aromatic N) is 2. The zero-order chi connectivity index (χ0) is 22.1. The van der Waals surface area contributed by atoms with E-state index in [0.29, 0.717) is 20.9 Å². The summed E-state index contributed by atoms with van der Waals surface area (Å²) in [5, 5.41) is 10.6. The Morgan fingerprint density at radius 3 is 2.57 bits per heavy atom. The molecule has 30 heavy (non-hydrogen) atoms. The molecule has 0 amide bonds. The van der Waals surface area contributed by atoms with Crippen LogP contribution >= 0.6 is 27.7 Å². The predicted molar refractivity (Wildman–Crippen MR) is 121 cm³/mol. The van der Waals surface area contributed by atoms with Crippen LogP contribution in [0, 0.1) is 5.41 Å². The van der Waals surface area contributed by atoms with E-state index >= 15 is 0 Å². The Balaban J connectivity index is 2.01. The van der Waals surface area contributed by atoms with Crippen molar-refractivity contribution in [2.45, 2.75) is 37.7 Å². The molecule has 1 atom stereocenters. The Morgan fingerprint density at radius 1 is 1.23 bits per heavy atom. The largest absolute Gasteiger partial charge is 0.480 e. The monoisotopic (exact) mass is 490 g/mol. The van der Waals surface area contributed by atoms with E-state index < -0.39 is 23.4 Å². The molecule has 0 saturated carbocycles. The highest BCUT2D eigenvalue weighted by molar-refractivity contribution is 9.10. The number of rotatable bonds is 6.